The van der Waals surface area contributed by atoms with Crippen molar-refractivity contribution in [1.82, 2.24) is 19.2 Å². The number of halogens is 2. The standard InChI is InChI=1S/C25H27F2N5O2S/c1-5-35-29-17-7-9-22(34-23-8-6-16(26)12-21(23)27)18(13-17)19-14-31(4)25(33)20-15-32(28-24(19)20)11-10-30(2)3/h6-9,12-15,29H,5,10-11H2,1-4H3. The van der Waals surface area contributed by atoms with E-state index >= 15 is 0 Å². The minimum Gasteiger partial charge on any atom is -0.454 e. The minimum atomic E-state index is -0.807. The van der Waals surface area contributed by atoms with Gasteiger partial charge in [0.2, 0.25) is 0 Å². The van der Waals surface area contributed by atoms with Gasteiger partial charge in [-0.1, -0.05) is 18.9 Å². The van der Waals surface area contributed by atoms with Crippen molar-refractivity contribution in [3.05, 3.63) is 70.8 Å². The van der Waals surface area contributed by atoms with Gasteiger partial charge in [-0.05, 0) is 44.4 Å². The number of hydrogen-bond donors (Lipinski definition) is 1. The van der Waals surface area contributed by atoms with Crippen molar-refractivity contribution in [2.75, 3.05) is 31.1 Å². The van der Waals surface area contributed by atoms with Crippen LogP contribution >= 0.6 is 11.9 Å². The zero-order valence-electron chi connectivity index (χ0n) is 20.0. The number of pyridine rings is 1. The fourth-order valence-electron chi connectivity index (χ4n) is 3.62. The van der Waals surface area contributed by atoms with E-state index in [9.17, 15) is 13.6 Å². The lowest BCUT2D eigenvalue weighted by atomic mass is 10.0. The summed E-state index contributed by atoms with van der Waals surface area (Å²) in [7, 11) is 5.62. The SMILES string of the molecule is CCSNc1ccc(Oc2ccc(F)cc2F)c(-c2cn(C)c(=O)c3cn(CCN(C)C)nc23)c1. The highest BCUT2D eigenvalue weighted by Gasteiger charge is 2.19. The predicted molar refractivity (Wildman–Crippen MR) is 137 cm³/mol. The number of nitrogens with zero attached hydrogens (tertiary/aromatic N) is 4. The first-order valence-electron chi connectivity index (χ1n) is 11.1. The lowest BCUT2D eigenvalue weighted by molar-refractivity contribution is 0.374. The first kappa shape index (κ1) is 24.7. The summed E-state index contributed by atoms with van der Waals surface area (Å²) in [5, 5.41) is 5.18. The van der Waals surface area contributed by atoms with E-state index in [4.69, 9.17) is 9.84 Å². The molecule has 0 radical (unpaired) electrons. The summed E-state index contributed by atoms with van der Waals surface area (Å²) in [4.78, 5) is 14.9. The molecule has 1 N–H and O–H groups in total. The summed E-state index contributed by atoms with van der Waals surface area (Å²) in [6.45, 7) is 3.41. The van der Waals surface area contributed by atoms with Crippen LogP contribution in [0.4, 0.5) is 14.5 Å². The Morgan fingerprint density at radius 2 is 1.86 bits per heavy atom. The van der Waals surface area contributed by atoms with Gasteiger partial charge < -0.3 is 18.9 Å². The molecule has 0 saturated heterocycles. The van der Waals surface area contributed by atoms with Crippen LogP contribution in [0.15, 0.2) is 53.6 Å². The molecule has 35 heavy (non-hydrogen) atoms. The highest BCUT2D eigenvalue weighted by atomic mass is 32.2. The third kappa shape index (κ3) is 5.49. The topological polar surface area (TPSA) is 64.3 Å². The van der Waals surface area contributed by atoms with Crippen molar-refractivity contribution in [1.29, 1.82) is 0 Å². The van der Waals surface area contributed by atoms with Gasteiger partial charge in [0.25, 0.3) is 5.56 Å². The predicted octanol–water partition coefficient (Wildman–Crippen LogP) is 5.11. The number of hydrogen-bond acceptors (Lipinski definition) is 6. The summed E-state index contributed by atoms with van der Waals surface area (Å²) < 4.78 is 40.2. The second kappa shape index (κ2) is 10.5. The Bertz CT molecular complexity index is 1420. The van der Waals surface area contributed by atoms with Gasteiger partial charge in [-0.25, -0.2) is 8.78 Å². The average molecular weight is 500 g/mol. The normalized spacial score (nSPS) is 11.4. The molecule has 0 unspecified atom stereocenters. The highest BCUT2D eigenvalue weighted by Crippen LogP contribution is 2.39. The van der Waals surface area contributed by atoms with E-state index in [1.807, 2.05) is 38.1 Å². The molecule has 7 nitrogen and oxygen atoms in total. The molecule has 0 atom stereocenters. The molecule has 184 valence electrons. The van der Waals surface area contributed by atoms with Gasteiger partial charge in [0, 0.05) is 54.6 Å². The Kier molecular flexibility index (Phi) is 7.42. The Labute approximate surface area is 206 Å². The highest BCUT2D eigenvalue weighted by molar-refractivity contribution is 8.00. The number of aromatic nitrogens is 3. The summed E-state index contributed by atoms with van der Waals surface area (Å²) in [5.41, 5.74) is 2.45. The monoisotopic (exact) mass is 499 g/mol. The van der Waals surface area contributed by atoms with Gasteiger partial charge in [-0.2, -0.15) is 5.10 Å². The second-order valence-corrected chi connectivity index (χ2v) is 9.41. The molecule has 4 rings (SSSR count). The Balaban J connectivity index is 1.88. The van der Waals surface area contributed by atoms with Gasteiger partial charge in [0.15, 0.2) is 11.6 Å². The van der Waals surface area contributed by atoms with Crippen LogP contribution < -0.4 is 15.0 Å². The van der Waals surface area contributed by atoms with E-state index in [1.165, 1.54) is 22.6 Å². The molecule has 0 fully saturated rings. The molecule has 0 amide bonds. The molecular weight excluding hydrogens is 472 g/mol. The lowest BCUT2D eigenvalue weighted by Gasteiger charge is -2.15. The van der Waals surface area contributed by atoms with Crippen molar-refractivity contribution in [2.24, 2.45) is 7.05 Å². The van der Waals surface area contributed by atoms with Crippen LogP contribution in [0.5, 0.6) is 11.5 Å². The number of likely N-dealkylation sites (N-methyl/N-ethyl adjacent to an activating group) is 1. The number of aryl methyl sites for hydroxylation is 1. The van der Waals surface area contributed by atoms with Crippen LogP contribution in [-0.4, -0.2) is 45.6 Å². The molecule has 0 aliphatic heterocycles. The molecule has 0 spiro atoms. The smallest absolute Gasteiger partial charge is 0.261 e. The molecule has 2 aromatic heterocycles. The van der Waals surface area contributed by atoms with E-state index in [2.05, 4.69) is 4.72 Å². The molecule has 0 aliphatic carbocycles. The van der Waals surface area contributed by atoms with Gasteiger partial charge in [-0.15, -0.1) is 0 Å². The maximum Gasteiger partial charge on any atom is 0.261 e. The number of anilines is 1. The zero-order chi connectivity index (χ0) is 25.1. The Hall–Kier alpha value is -3.37. The zero-order valence-corrected chi connectivity index (χ0v) is 20.8. The van der Waals surface area contributed by atoms with Crippen molar-refractivity contribution in [3.63, 3.8) is 0 Å². The van der Waals surface area contributed by atoms with Crippen LogP contribution in [0.1, 0.15) is 6.92 Å². The van der Waals surface area contributed by atoms with Gasteiger partial charge >= 0.3 is 0 Å². The van der Waals surface area contributed by atoms with Crippen molar-refractivity contribution < 1.29 is 13.5 Å². The van der Waals surface area contributed by atoms with E-state index in [0.29, 0.717) is 34.3 Å². The molecule has 4 aromatic rings. The number of rotatable bonds is 9. The Morgan fingerprint density at radius 3 is 2.57 bits per heavy atom. The van der Waals surface area contributed by atoms with Gasteiger partial charge in [-0.3, -0.25) is 9.48 Å². The number of nitrogens with one attached hydrogen (secondary N) is 1. The van der Waals surface area contributed by atoms with E-state index in [1.54, 1.807) is 30.2 Å². The van der Waals surface area contributed by atoms with Crippen LogP contribution in [-0.2, 0) is 13.6 Å². The van der Waals surface area contributed by atoms with Crippen LogP contribution in [0.25, 0.3) is 22.0 Å². The molecule has 10 heteroatoms. The Morgan fingerprint density at radius 1 is 1.09 bits per heavy atom. The summed E-state index contributed by atoms with van der Waals surface area (Å²) in [6, 6.07) is 8.58. The van der Waals surface area contributed by atoms with Crippen LogP contribution in [0.3, 0.4) is 0 Å². The van der Waals surface area contributed by atoms with E-state index < -0.39 is 11.6 Å². The minimum absolute atomic E-state index is 0.103. The molecule has 0 bridgehead atoms. The van der Waals surface area contributed by atoms with Crippen LogP contribution in [0, 0.1) is 11.6 Å². The number of ether oxygens (including phenoxy) is 1. The summed E-state index contributed by atoms with van der Waals surface area (Å²) in [6.07, 6.45) is 3.45. The largest absolute Gasteiger partial charge is 0.454 e. The van der Waals surface area contributed by atoms with Gasteiger partial charge in [0.1, 0.15) is 17.1 Å². The molecule has 0 saturated carbocycles. The van der Waals surface area contributed by atoms with Gasteiger partial charge in [0.05, 0.1) is 11.9 Å². The maximum atomic E-state index is 14.4. The van der Waals surface area contributed by atoms with Crippen molar-refractivity contribution in [3.8, 4) is 22.6 Å². The molecule has 2 heterocycles. The third-order valence-corrected chi connectivity index (χ3v) is 6.05. The fraction of sp³-hybridized carbons (Fsp3) is 0.280. The van der Waals surface area contributed by atoms with E-state index in [-0.39, 0.29) is 11.3 Å². The molecular formula is C25H27F2N5O2S. The summed E-state index contributed by atoms with van der Waals surface area (Å²) in [5.74, 6) is -0.388. The second-order valence-electron chi connectivity index (χ2n) is 8.34. The fourth-order valence-corrected chi connectivity index (χ4v) is 4.06. The third-order valence-electron chi connectivity index (χ3n) is 5.38. The number of benzene rings is 2. The van der Waals surface area contributed by atoms with E-state index in [0.717, 1.165) is 30.1 Å². The van der Waals surface area contributed by atoms with Crippen molar-refractivity contribution >= 4 is 28.5 Å². The van der Waals surface area contributed by atoms with Crippen molar-refractivity contribution in [2.45, 2.75) is 13.5 Å². The maximum absolute atomic E-state index is 14.4. The number of fused-ring (bicyclic) bond motifs is 1. The first-order valence-corrected chi connectivity index (χ1v) is 12.1. The van der Waals surface area contributed by atoms with Crippen LogP contribution in [0.2, 0.25) is 0 Å². The lowest BCUT2D eigenvalue weighted by Crippen LogP contribution is -2.18. The quantitative estimate of drug-likeness (QED) is 0.323. The molecule has 0 aliphatic rings. The average Bonchev–Trinajstić information content (AvgIpc) is 3.26. The molecule has 2 aromatic carbocycles. The summed E-state index contributed by atoms with van der Waals surface area (Å²) >= 11 is 1.53. The first-order chi connectivity index (χ1) is 16.8.